The van der Waals surface area contributed by atoms with Crippen molar-refractivity contribution in [1.82, 2.24) is 0 Å². The average Bonchev–Trinajstić information content (AvgIpc) is 2.51. The molecule has 0 N–H and O–H groups in total. The van der Waals surface area contributed by atoms with Crippen LogP contribution in [0.1, 0.15) is 16.8 Å². The molecule has 0 aliphatic carbocycles. The molecule has 1 nitrogen and oxygen atoms in total. The number of rotatable bonds is 7. The molecule has 1 atom stereocenters. The Balaban J connectivity index is 2.77. The summed E-state index contributed by atoms with van der Waals surface area (Å²) in [5.74, 6) is -20.1. The minimum absolute atomic E-state index is 0.141. The molecule has 1 aromatic carbocycles. The molecule has 12 heteroatoms. The number of carbonyl (C=O) groups excluding carboxylic acids is 1. The highest BCUT2D eigenvalue weighted by Crippen LogP contribution is 2.54. The van der Waals surface area contributed by atoms with Crippen LogP contribution in [0.3, 0.4) is 0 Å². The number of hydrogen-bond acceptors (Lipinski definition) is 2. The van der Waals surface area contributed by atoms with E-state index in [2.05, 4.69) is 0 Å². The molecule has 0 aliphatic rings. The fourth-order valence-corrected chi connectivity index (χ4v) is 2.83. The van der Waals surface area contributed by atoms with Crippen LogP contribution in [-0.4, -0.2) is 40.2 Å². The summed E-state index contributed by atoms with van der Waals surface area (Å²) in [5, 5.41) is -2.62. The van der Waals surface area contributed by atoms with Gasteiger partial charge in [-0.3, -0.25) is 4.79 Å². The first kappa shape index (κ1) is 22.9. The maximum atomic E-state index is 13.4. The highest BCUT2D eigenvalue weighted by Gasteiger charge is 2.81. The van der Waals surface area contributed by atoms with E-state index in [4.69, 9.17) is 11.6 Å². The lowest BCUT2D eigenvalue weighted by molar-refractivity contribution is -0.396. The number of alkyl halides is 10. The maximum absolute atomic E-state index is 13.4. The number of hydrogen-bond donors (Lipinski definition) is 0. The molecule has 0 saturated carbocycles. The largest absolute Gasteiger partial charge is 0.460 e. The zero-order valence-electron chi connectivity index (χ0n) is 12.5. The van der Waals surface area contributed by atoms with Crippen LogP contribution in [0.2, 0.25) is 0 Å². The van der Waals surface area contributed by atoms with E-state index in [0.717, 1.165) is 0 Å². The van der Waals surface area contributed by atoms with E-state index in [1.54, 1.807) is 6.07 Å². The van der Waals surface area contributed by atoms with Crippen molar-refractivity contribution >= 4 is 28.5 Å². The number of carbonyl (C=O) groups is 1. The number of halogens is 10. The van der Waals surface area contributed by atoms with Crippen molar-refractivity contribution in [1.29, 1.82) is 0 Å². The third-order valence-corrected chi connectivity index (χ3v) is 4.65. The molecule has 0 radical (unpaired) electrons. The molecule has 1 aromatic rings. The van der Waals surface area contributed by atoms with Gasteiger partial charge in [0.15, 0.2) is 0 Å². The van der Waals surface area contributed by atoms with Gasteiger partial charge in [0, 0.05) is 23.1 Å². The Hall–Kier alpha value is -1.10. The minimum atomic E-state index is -6.95. The topological polar surface area (TPSA) is 17.1 Å². The van der Waals surface area contributed by atoms with Gasteiger partial charge in [0.2, 0.25) is 5.12 Å². The Morgan fingerprint density at radius 2 is 1.42 bits per heavy atom. The quantitative estimate of drug-likeness (QED) is 0.387. The first-order valence-corrected chi connectivity index (χ1v) is 8.12. The van der Waals surface area contributed by atoms with Crippen LogP contribution in [-0.2, 0) is 0 Å². The molecule has 0 aromatic heterocycles. The lowest BCUT2D eigenvalue weighted by Crippen LogP contribution is -2.61. The summed E-state index contributed by atoms with van der Waals surface area (Å²) in [7, 11) is 0. The molecule has 1 rings (SSSR count). The molecule has 0 fully saturated rings. The molecule has 1 unspecified atom stereocenters. The summed E-state index contributed by atoms with van der Waals surface area (Å²) in [6.45, 7) is 0. The molecule has 26 heavy (non-hydrogen) atoms. The van der Waals surface area contributed by atoms with Gasteiger partial charge < -0.3 is 0 Å². The van der Waals surface area contributed by atoms with Gasteiger partial charge in [-0.05, 0) is 0 Å². The molecule has 0 spiro atoms. The van der Waals surface area contributed by atoms with Crippen molar-refractivity contribution in [3.8, 4) is 0 Å². The molecule has 0 aliphatic heterocycles. The predicted octanol–water partition coefficient (Wildman–Crippen LogP) is 6.03. The first-order valence-electron chi connectivity index (χ1n) is 6.70. The molecular weight excluding hydrogens is 423 g/mol. The van der Waals surface area contributed by atoms with Gasteiger partial charge in [0.1, 0.15) is 0 Å². The van der Waals surface area contributed by atoms with E-state index in [1.165, 1.54) is 24.3 Å². The summed E-state index contributed by atoms with van der Waals surface area (Å²) >= 11 is 5.70. The van der Waals surface area contributed by atoms with Gasteiger partial charge in [-0.1, -0.05) is 42.1 Å². The second-order valence-corrected chi connectivity index (χ2v) is 6.73. The standard InChI is InChI=1S/C14H10ClF9OS/c15-9(7-26-10(25)8-4-2-1-3-5-8)6-11(16,17)12(18,19)13(20,21)14(22,23)24/h1-5,9H,6-7H2. The second kappa shape index (κ2) is 7.87. The molecular formula is C14H10ClF9OS. The number of benzene rings is 1. The minimum Gasteiger partial charge on any atom is -0.282 e. The second-order valence-electron chi connectivity index (χ2n) is 5.12. The zero-order chi connectivity index (χ0) is 20.4. The van der Waals surface area contributed by atoms with Gasteiger partial charge in [0.25, 0.3) is 0 Å². The first-order chi connectivity index (χ1) is 11.6. The van der Waals surface area contributed by atoms with Crippen LogP contribution in [0.15, 0.2) is 30.3 Å². The highest BCUT2D eigenvalue weighted by molar-refractivity contribution is 8.14. The summed E-state index contributed by atoms with van der Waals surface area (Å²) in [5.41, 5.74) is 0.141. The van der Waals surface area contributed by atoms with E-state index in [0.29, 0.717) is 11.8 Å². The van der Waals surface area contributed by atoms with Crippen molar-refractivity contribution in [2.75, 3.05) is 5.75 Å². The van der Waals surface area contributed by atoms with Crippen LogP contribution in [0.4, 0.5) is 39.5 Å². The Morgan fingerprint density at radius 1 is 0.923 bits per heavy atom. The van der Waals surface area contributed by atoms with E-state index in [1.807, 2.05) is 0 Å². The van der Waals surface area contributed by atoms with Crippen molar-refractivity contribution in [3.63, 3.8) is 0 Å². The van der Waals surface area contributed by atoms with Crippen LogP contribution in [0.25, 0.3) is 0 Å². The molecule has 0 heterocycles. The SMILES string of the molecule is O=C(SCC(Cl)CC(F)(F)C(F)(F)C(F)(F)C(F)(F)F)c1ccccc1. The van der Waals surface area contributed by atoms with Crippen LogP contribution >= 0.6 is 23.4 Å². The van der Waals surface area contributed by atoms with E-state index in [-0.39, 0.29) is 5.56 Å². The molecule has 0 bridgehead atoms. The van der Waals surface area contributed by atoms with E-state index in [9.17, 15) is 44.3 Å². The molecule has 0 amide bonds. The third kappa shape index (κ3) is 4.79. The zero-order valence-corrected chi connectivity index (χ0v) is 14.0. The fraction of sp³-hybridized carbons (Fsp3) is 0.500. The van der Waals surface area contributed by atoms with Crippen LogP contribution in [0, 0.1) is 0 Å². The fourth-order valence-electron chi connectivity index (χ4n) is 1.70. The average molecular weight is 433 g/mol. The van der Waals surface area contributed by atoms with Gasteiger partial charge in [-0.2, -0.15) is 39.5 Å². The van der Waals surface area contributed by atoms with Gasteiger partial charge >= 0.3 is 23.9 Å². The summed E-state index contributed by atoms with van der Waals surface area (Å²) in [4.78, 5) is 11.7. The van der Waals surface area contributed by atoms with Crippen LogP contribution < -0.4 is 0 Å². The van der Waals surface area contributed by atoms with Gasteiger partial charge in [-0.15, -0.1) is 11.6 Å². The Labute approximate surface area is 150 Å². The lowest BCUT2D eigenvalue weighted by Gasteiger charge is -2.34. The summed E-state index contributed by atoms with van der Waals surface area (Å²) in [6, 6.07) is 7.28. The Bertz CT molecular complexity index is 619. The summed E-state index contributed by atoms with van der Waals surface area (Å²) in [6.07, 6.45) is -9.05. The van der Waals surface area contributed by atoms with E-state index < -0.39 is 46.6 Å². The van der Waals surface area contributed by atoms with Crippen molar-refractivity contribution in [2.24, 2.45) is 0 Å². The maximum Gasteiger partial charge on any atom is 0.460 e. The smallest absolute Gasteiger partial charge is 0.282 e. The lowest BCUT2D eigenvalue weighted by atomic mass is 10.00. The van der Waals surface area contributed by atoms with Gasteiger partial charge in [0.05, 0.1) is 0 Å². The van der Waals surface area contributed by atoms with Gasteiger partial charge in [-0.25, -0.2) is 0 Å². The van der Waals surface area contributed by atoms with Crippen molar-refractivity contribution < 1.29 is 44.3 Å². The van der Waals surface area contributed by atoms with Crippen molar-refractivity contribution in [2.45, 2.75) is 35.7 Å². The monoisotopic (exact) mass is 432 g/mol. The van der Waals surface area contributed by atoms with Crippen molar-refractivity contribution in [3.05, 3.63) is 35.9 Å². The Kier molecular flexibility index (Phi) is 6.95. The highest BCUT2D eigenvalue weighted by atomic mass is 35.5. The van der Waals surface area contributed by atoms with Crippen LogP contribution in [0.5, 0.6) is 0 Å². The summed E-state index contributed by atoms with van der Waals surface area (Å²) < 4.78 is 115. The van der Waals surface area contributed by atoms with E-state index >= 15 is 0 Å². The number of thioether (sulfide) groups is 1. The Morgan fingerprint density at radius 3 is 1.88 bits per heavy atom. The predicted molar refractivity (Wildman–Crippen MR) is 78.4 cm³/mol. The third-order valence-electron chi connectivity index (χ3n) is 3.09. The normalized spacial score (nSPS) is 15.0. The molecule has 148 valence electrons. The molecule has 0 saturated heterocycles.